The van der Waals surface area contributed by atoms with Crippen LogP contribution in [0.25, 0.3) is 0 Å². The summed E-state index contributed by atoms with van der Waals surface area (Å²) in [5.74, 6) is 4.22. The summed E-state index contributed by atoms with van der Waals surface area (Å²) in [5.41, 5.74) is 0.813. The van der Waals surface area contributed by atoms with Crippen molar-refractivity contribution >= 4 is 23.4 Å². The van der Waals surface area contributed by atoms with E-state index < -0.39 is 0 Å². The third kappa shape index (κ3) is 4.90. The van der Waals surface area contributed by atoms with Crippen LogP contribution in [-0.4, -0.2) is 48.6 Å². The van der Waals surface area contributed by atoms with Gasteiger partial charge in [-0.15, -0.1) is 0 Å². The lowest BCUT2D eigenvalue weighted by Crippen LogP contribution is -2.41. The van der Waals surface area contributed by atoms with Crippen LogP contribution in [0.5, 0.6) is 5.75 Å². The molecule has 1 amide bonds. The van der Waals surface area contributed by atoms with Gasteiger partial charge in [-0.05, 0) is 62.6 Å². The molecule has 2 fully saturated rings. The summed E-state index contributed by atoms with van der Waals surface area (Å²) >= 11 is 2.09. The molecule has 132 valence electrons. The Morgan fingerprint density at radius 3 is 2.88 bits per heavy atom. The first-order chi connectivity index (χ1) is 11.7. The molecule has 4 nitrogen and oxygen atoms in total. The van der Waals surface area contributed by atoms with E-state index in [2.05, 4.69) is 22.0 Å². The molecule has 2 saturated heterocycles. The van der Waals surface area contributed by atoms with E-state index in [0.29, 0.717) is 12.3 Å². The summed E-state index contributed by atoms with van der Waals surface area (Å²) in [6.07, 6.45) is 5.46. The normalized spacial score (nSPS) is 22.5. The first kappa shape index (κ1) is 17.6. The van der Waals surface area contributed by atoms with E-state index in [-0.39, 0.29) is 5.91 Å². The number of carbonyl (C=O) groups excluding carboxylic acids is 1. The molecule has 1 atom stereocenters. The number of benzene rings is 1. The van der Waals surface area contributed by atoms with E-state index in [9.17, 15) is 4.79 Å². The molecule has 0 radical (unpaired) electrons. The van der Waals surface area contributed by atoms with Crippen LogP contribution in [0.2, 0.25) is 0 Å². The highest BCUT2D eigenvalue weighted by Gasteiger charge is 2.27. The van der Waals surface area contributed by atoms with Crippen LogP contribution in [0.1, 0.15) is 32.1 Å². The summed E-state index contributed by atoms with van der Waals surface area (Å²) in [5, 5.41) is 2.98. The van der Waals surface area contributed by atoms with E-state index in [0.717, 1.165) is 23.9 Å². The lowest BCUT2D eigenvalue weighted by molar-refractivity contribution is -0.116. The van der Waals surface area contributed by atoms with Gasteiger partial charge in [0, 0.05) is 30.0 Å². The van der Waals surface area contributed by atoms with Gasteiger partial charge in [-0.25, -0.2) is 0 Å². The molecule has 0 aliphatic carbocycles. The van der Waals surface area contributed by atoms with Crippen molar-refractivity contribution < 1.29 is 9.53 Å². The van der Waals surface area contributed by atoms with Gasteiger partial charge in [-0.3, -0.25) is 9.69 Å². The zero-order valence-electron chi connectivity index (χ0n) is 14.5. The number of likely N-dealkylation sites (tertiary alicyclic amines) is 1. The SMILES string of the molecule is COc1cccc(NC(=O)CCC2CCN(C3CCSC3)CC2)c1. The number of nitrogens with one attached hydrogen (secondary N) is 1. The van der Waals surface area contributed by atoms with Crippen molar-refractivity contribution in [2.24, 2.45) is 5.92 Å². The maximum atomic E-state index is 12.2. The Bertz CT molecular complexity index is 538. The monoisotopic (exact) mass is 348 g/mol. The van der Waals surface area contributed by atoms with Crippen LogP contribution < -0.4 is 10.1 Å². The number of thioether (sulfide) groups is 1. The number of piperidine rings is 1. The molecular weight excluding hydrogens is 320 g/mol. The first-order valence-electron chi connectivity index (χ1n) is 9.00. The quantitative estimate of drug-likeness (QED) is 0.852. The van der Waals surface area contributed by atoms with Gasteiger partial charge in [0.05, 0.1) is 7.11 Å². The second-order valence-corrected chi connectivity index (χ2v) is 7.97. The maximum Gasteiger partial charge on any atom is 0.224 e. The van der Waals surface area contributed by atoms with Crippen LogP contribution in [0.3, 0.4) is 0 Å². The fourth-order valence-electron chi connectivity index (χ4n) is 3.68. The van der Waals surface area contributed by atoms with Gasteiger partial charge in [0.15, 0.2) is 0 Å². The topological polar surface area (TPSA) is 41.6 Å². The van der Waals surface area contributed by atoms with Crippen molar-refractivity contribution in [2.75, 3.05) is 37.0 Å². The van der Waals surface area contributed by atoms with Gasteiger partial charge in [0.25, 0.3) is 0 Å². The van der Waals surface area contributed by atoms with E-state index >= 15 is 0 Å². The van der Waals surface area contributed by atoms with Crippen molar-refractivity contribution in [2.45, 2.75) is 38.1 Å². The van der Waals surface area contributed by atoms with Crippen molar-refractivity contribution in [3.05, 3.63) is 24.3 Å². The van der Waals surface area contributed by atoms with Gasteiger partial charge >= 0.3 is 0 Å². The van der Waals surface area contributed by atoms with Gasteiger partial charge in [-0.2, -0.15) is 11.8 Å². The number of hydrogen-bond acceptors (Lipinski definition) is 4. The average molecular weight is 349 g/mol. The summed E-state index contributed by atoms with van der Waals surface area (Å²) < 4.78 is 5.19. The predicted octanol–water partition coefficient (Wildman–Crippen LogP) is 3.63. The third-order valence-electron chi connectivity index (χ3n) is 5.20. The molecule has 1 aromatic rings. The average Bonchev–Trinajstić information content (AvgIpc) is 3.15. The zero-order valence-corrected chi connectivity index (χ0v) is 15.3. The summed E-state index contributed by atoms with van der Waals surface area (Å²) in [4.78, 5) is 14.8. The van der Waals surface area contributed by atoms with Crippen molar-refractivity contribution in [1.82, 2.24) is 4.90 Å². The zero-order chi connectivity index (χ0) is 16.8. The number of ether oxygens (including phenoxy) is 1. The third-order valence-corrected chi connectivity index (χ3v) is 6.35. The number of amides is 1. The largest absolute Gasteiger partial charge is 0.497 e. The fourth-order valence-corrected chi connectivity index (χ4v) is 4.93. The van der Waals surface area contributed by atoms with Crippen molar-refractivity contribution in [1.29, 1.82) is 0 Å². The van der Waals surface area contributed by atoms with Gasteiger partial charge < -0.3 is 10.1 Å². The standard InChI is InChI=1S/C19H28N2O2S/c1-23-18-4-2-3-16(13-18)20-19(22)6-5-15-7-10-21(11-8-15)17-9-12-24-14-17/h2-4,13,15,17H,5-12,14H2,1H3,(H,20,22). The van der Waals surface area contributed by atoms with Crippen molar-refractivity contribution in [3.63, 3.8) is 0 Å². The number of hydrogen-bond donors (Lipinski definition) is 1. The summed E-state index contributed by atoms with van der Waals surface area (Å²) in [6, 6.07) is 8.35. The van der Waals surface area contributed by atoms with Crippen LogP contribution in [0, 0.1) is 5.92 Å². The Labute approximate surface area is 149 Å². The van der Waals surface area contributed by atoms with E-state index in [1.165, 1.54) is 43.9 Å². The van der Waals surface area contributed by atoms with Crippen LogP contribution in [0.4, 0.5) is 5.69 Å². The highest BCUT2D eigenvalue weighted by Crippen LogP contribution is 2.28. The minimum absolute atomic E-state index is 0.109. The van der Waals surface area contributed by atoms with Crippen molar-refractivity contribution in [3.8, 4) is 5.75 Å². The lowest BCUT2D eigenvalue weighted by Gasteiger charge is -2.35. The second-order valence-electron chi connectivity index (χ2n) is 6.82. The Kier molecular flexibility index (Phi) is 6.44. The molecular formula is C19H28N2O2S. The highest BCUT2D eigenvalue weighted by molar-refractivity contribution is 7.99. The Morgan fingerprint density at radius 1 is 1.33 bits per heavy atom. The maximum absolute atomic E-state index is 12.2. The summed E-state index contributed by atoms with van der Waals surface area (Å²) in [7, 11) is 1.64. The molecule has 1 unspecified atom stereocenters. The van der Waals surface area contributed by atoms with E-state index in [1.807, 2.05) is 24.3 Å². The molecule has 24 heavy (non-hydrogen) atoms. The molecule has 0 spiro atoms. The molecule has 3 rings (SSSR count). The number of anilines is 1. The number of rotatable bonds is 6. The number of nitrogens with zero attached hydrogens (tertiary/aromatic N) is 1. The van der Waals surface area contributed by atoms with Crippen LogP contribution in [0.15, 0.2) is 24.3 Å². The van der Waals surface area contributed by atoms with Gasteiger partial charge in [0.1, 0.15) is 5.75 Å². The number of methoxy groups -OCH3 is 1. The first-order valence-corrected chi connectivity index (χ1v) is 10.2. The molecule has 0 aromatic heterocycles. The highest BCUT2D eigenvalue weighted by atomic mass is 32.2. The minimum Gasteiger partial charge on any atom is -0.497 e. The summed E-state index contributed by atoms with van der Waals surface area (Å²) in [6.45, 7) is 2.43. The minimum atomic E-state index is 0.109. The molecule has 2 aliphatic rings. The molecule has 2 aliphatic heterocycles. The smallest absolute Gasteiger partial charge is 0.224 e. The van der Waals surface area contributed by atoms with Gasteiger partial charge in [0.2, 0.25) is 5.91 Å². The molecule has 1 N–H and O–H groups in total. The van der Waals surface area contributed by atoms with Gasteiger partial charge in [-0.1, -0.05) is 6.07 Å². The van der Waals surface area contributed by atoms with Crippen LogP contribution in [-0.2, 0) is 4.79 Å². The lowest BCUT2D eigenvalue weighted by atomic mass is 9.91. The van der Waals surface area contributed by atoms with Crippen LogP contribution >= 0.6 is 11.8 Å². The van der Waals surface area contributed by atoms with E-state index in [4.69, 9.17) is 4.74 Å². The fraction of sp³-hybridized carbons (Fsp3) is 0.632. The Balaban J connectivity index is 1.37. The predicted molar refractivity (Wildman–Crippen MR) is 101 cm³/mol. The van der Waals surface area contributed by atoms with E-state index in [1.54, 1.807) is 7.11 Å². The Hall–Kier alpha value is -1.20. The molecule has 2 heterocycles. The second kappa shape index (κ2) is 8.77. The molecule has 0 saturated carbocycles. The molecule has 1 aromatic carbocycles. The molecule has 5 heteroatoms. The molecule has 0 bridgehead atoms. The number of carbonyl (C=O) groups is 1. The Morgan fingerprint density at radius 2 is 2.17 bits per heavy atom.